The molecule has 1 aliphatic heterocycles. The van der Waals surface area contributed by atoms with Crippen LogP contribution in [0.3, 0.4) is 0 Å². The quantitative estimate of drug-likeness (QED) is 0.790. The lowest BCUT2D eigenvalue weighted by molar-refractivity contribution is 0.0351. The van der Waals surface area contributed by atoms with E-state index < -0.39 is 5.60 Å². The molecule has 0 bridgehead atoms. The lowest BCUT2D eigenvalue weighted by atomic mass is 9.93. The Labute approximate surface area is 101 Å². The summed E-state index contributed by atoms with van der Waals surface area (Å²) < 4.78 is 0. The Kier molecular flexibility index (Phi) is 3.15. The number of Topliss-reactive ketones (excluding diaryl/α,β-unsaturated/α-hetero) is 1. The minimum atomic E-state index is -0.538. The zero-order chi connectivity index (χ0) is 12.5. The minimum absolute atomic E-state index is 0.0156. The van der Waals surface area contributed by atoms with E-state index in [-0.39, 0.29) is 5.78 Å². The molecule has 1 aromatic rings. The van der Waals surface area contributed by atoms with Crippen molar-refractivity contribution in [3.8, 4) is 0 Å². The first-order valence-electron chi connectivity index (χ1n) is 5.92. The third kappa shape index (κ3) is 2.82. The molecule has 2 rings (SSSR count). The number of aliphatic hydroxyl groups is 1. The van der Waals surface area contributed by atoms with Crippen molar-refractivity contribution in [3.63, 3.8) is 0 Å². The van der Waals surface area contributed by atoms with Crippen molar-refractivity contribution in [2.24, 2.45) is 0 Å². The first kappa shape index (κ1) is 12.0. The maximum absolute atomic E-state index is 11.1. The van der Waals surface area contributed by atoms with Crippen LogP contribution in [0.4, 0.5) is 5.69 Å². The average molecular weight is 234 g/mol. The number of hydrogen-bond donors (Lipinski definition) is 1. The maximum atomic E-state index is 11.1. The van der Waals surface area contributed by atoms with Crippen LogP contribution in [0.2, 0.25) is 0 Å². The lowest BCUT2D eigenvalue weighted by Gasteiger charge is -2.36. The number of ketones is 1. The summed E-state index contributed by atoms with van der Waals surface area (Å²) in [7, 11) is 0. The number of pyridine rings is 1. The molecular formula is C13H18N2O2. The van der Waals surface area contributed by atoms with Crippen molar-refractivity contribution in [1.82, 2.24) is 4.98 Å². The van der Waals surface area contributed by atoms with E-state index in [1.807, 2.05) is 13.0 Å². The SMILES string of the molecule is CC(=O)c1ccc(N2CCC(C)(O)CC2)cn1. The molecule has 0 atom stereocenters. The average Bonchev–Trinajstić information content (AvgIpc) is 2.29. The zero-order valence-corrected chi connectivity index (χ0v) is 10.3. The summed E-state index contributed by atoms with van der Waals surface area (Å²) in [5, 5.41) is 9.87. The van der Waals surface area contributed by atoms with Crippen LogP contribution in [0.5, 0.6) is 0 Å². The molecule has 4 heteroatoms. The summed E-state index contributed by atoms with van der Waals surface area (Å²) in [5.74, 6) is -0.0156. The largest absolute Gasteiger partial charge is 0.390 e. The summed E-state index contributed by atoms with van der Waals surface area (Å²) in [4.78, 5) is 17.4. The van der Waals surface area contributed by atoms with E-state index >= 15 is 0 Å². The van der Waals surface area contributed by atoms with Crippen LogP contribution in [0.25, 0.3) is 0 Å². The van der Waals surface area contributed by atoms with E-state index in [0.29, 0.717) is 5.69 Å². The van der Waals surface area contributed by atoms with Crippen LogP contribution >= 0.6 is 0 Å². The molecule has 0 radical (unpaired) electrons. The maximum Gasteiger partial charge on any atom is 0.178 e. The summed E-state index contributed by atoms with van der Waals surface area (Å²) in [6.07, 6.45) is 3.26. The van der Waals surface area contributed by atoms with Crippen LogP contribution in [-0.2, 0) is 0 Å². The van der Waals surface area contributed by atoms with E-state index in [9.17, 15) is 9.90 Å². The van der Waals surface area contributed by atoms with Crippen LogP contribution in [0, 0.1) is 0 Å². The van der Waals surface area contributed by atoms with E-state index in [0.717, 1.165) is 31.6 Å². The highest BCUT2D eigenvalue weighted by Gasteiger charge is 2.27. The van der Waals surface area contributed by atoms with E-state index in [1.165, 1.54) is 6.92 Å². The normalized spacial score (nSPS) is 19.1. The molecule has 4 nitrogen and oxygen atoms in total. The van der Waals surface area contributed by atoms with Gasteiger partial charge in [0.15, 0.2) is 5.78 Å². The molecule has 0 spiro atoms. The van der Waals surface area contributed by atoms with Crippen molar-refractivity contribution < 1.29 is 9.90 Å². The van der Waals surface area contributed by atoms with E-state index in [1.54, 1.807) is 12.3 Å². The van der Waals surface area contributed by atoms with Crippen LogP contribution < -0.4 is 4.90 Å². The fourth-order valence-electron chi connectivity index (χ4n) is 2.03. The zero-order valence-electron chi connectivity index (χ0n) is 10.3. The molecule has 1 fully saturated rings. The van der Waals surface area contributed by atoms with Gasteiger partial charge in [-0.3, -0.25) is 9.78 Å². The standard InChI is InChI=1S/C13H18N2O2/c1-10(16)12-4-3-11(9-14-12)15-7-5-13(2,17)6-8-15/h3-4,9,17H,5-8H2,1-2H3. The highest BCUT2D eigenvalue weighted by molar-refractivity contribution is 5.92. The number of piperidine rings is 1. The predicted molar refractivity (Wildman–Crippen MR) is 66.3 cm³/mol. The number of rotatable bonds is 2. The van der Waals surface area contributed by atoms with Gasteiger partial charge in [0.25, 0.3) is 0 Å². The van der Waals surface area contributed by atoms with Gasteiger partial charge in [-0.2, -0.15) is 0 Å². The number of nitrogens with zero attached hydrogens (tertiary/aromatic N) is 2. The Balaban J connectivity index is 2.06. The monoisotopic (exact) mass is 234 g/mol. The molecule has 0 saturated carbocycles. The van der Waals surface area contributed by atoms with Crippen molar-refractivity contribution in [2.75, 3.05) is 18.0 Å². The Morgan fingerprint density at radius 2 is 2.06 bits per heavy atom. The summed E-state index contributed by atoms with van der Waals surface area (Å²) >= 11 is 0. The molecule has 92 valence electrons. The highest BCUT2D eigenvalue weighted by Crippen LogP contribution is 2.25. The number of aromatic nitrogens is 1. The van der Waals surface area contributed by atoms with Gasteiger partial charge in [0.05, 0.1) is 17.5 Å². The number of anilines is 1. The molecule has 1 N–H and O–H groups in total. The third-order valence-corrected chi connectivity index (χ3v) is 3.31. The van der Waals surface area contributed by atoms with Crippen LogP contribution in [-0.4, -0.2) is 34.6 Å². The molecule has 0 aromatic carbocycles. The van der Waals surface area contributed by atoms with Crippen molar-refractivity contribution in [1.29, 1.82) is 0 Å². The van der Waals surface area contributed by atoms with Gasteiger partial charge in [0, 0.05) is 20.0 Å². The molecule has 2 heterocycles. The van der Waals surface area contributed by atoms with Gasteiger partial charge in [0.2, 0.25) is 0 Å². The molecule has 0 unspecified atom stereocenters. The molecule has 0 aliphatic carbocycles. The van der Waals surface area contributed by atoms with E-state index in [2.05, 4.69) is 9.88 Å². The van der Waals surface area contributed by atoms with Gasteiger partial charge in [0.1, 0.15) is 5.69 Å². The van der Waals surface area contributed by atoms with Gasteiger partial charge >= 0.3 is 0 Å². The van der Waals surface area contributed by atoms with Crippen molar-refractivity contribution in [2.45, 2.75) is 32.3 Å². The predicted octanol–water partition coefficient (Wildman–Crippen LogP) is 1.64. The summed E-state index contributed by atoms with van der Waals surface area (Å²) in [5.41, 5.74) is 0.978. The Hall–Kier alpha value is -1.42. The first-order chi connectivity index (χ1) is 7.98. The van der Waals surface area contributed by atoms with Gasteiger partial charge in [-0.05, 0) is 31.9 Å². The highest BCUT2D eigenvalue weighted by atomic mass is 16.3. The second-order valence-electron chi connectivity index (χ2n) is 4.94. The first-order valence-corrected chi connectivity index (χ1v) is 5.92. The van der Waals surface area contributed by atoms with Gasteiger partial charge in [-0.25, -0.2) is 0 Å². The Bertz CT molecular complexity index is 402. The number of hydrogen-bond acceptors (Lipinski definition) is 4. The van der Waals surface area contributed by atoms with Gasteiger partial charge < -0.3 is 10.0 Å². The van der Waals surface area contributed by atoms with E-state index in [4.69, 9.17) is 0 Å². The summed E-state index contributed by atoms with van der Waals surface area (Å²) in [6, 6.07) is 3.67. The van der Waals surface area contributed by atoms with Crippen molar-refractivity contribution >= 4 is 11.5 Å². The minimum Gasteiger partial charge on any atom is -0.390 e. The topological polar surface area (TPSA) is 53.4 Å². The van der Waals surface area contributed by atoms with Crippen molar-refractivity contribution in [3.05, 3.63) is 24.0 Å². The van der Waals surface area contributed by atoms with Gasteiger partial charge in [-0.1, -0.05) is 0 Å². The Morgan fingerprint density at radius 3 is 2.53 bits per heavy atom. The third-order valence-electron chi connectivity index (χ3n) is 3.31. The molecule has 0 amide bonds. The molecular weight excluding hydrogens is 216 g/mol. The molecule has 1 aromatic heterocycles. The fraction of sp³-hybridized carbons (Fsp3) is 0.538. The second-order valence-corrected chi connectivity index (χ2v) is 4.94. The second kappa shape index (κ2) is 4.45. The van der Waals surface area contributed by atoms with Crippen LogP contribution in [0.1, 0.15) is 37.2 Å². The molecule has 1 aliphatic rings. The smallest absolute Gasteiger partial charge is 0.178 e. The number of carbonyl (C=O) groups excluding carboxylic acids is 1. The number of carbonyl (C=O) groups is 1. The van der Waals surface area contributed by atoms with Gasteiger partial charge in [-0.15, -0.1) is 0 Å². The summed E-state index contributed by atoms with van der Waals surface area (Å²) in [6.45, 7) is 5.05. The Morgan fingerprint density at radius 1 is 1.41 bits per heavy atom. The fourth-order valence-corrected chi connectivity index (χ4v) is 2.03. The van der Waals surface area contributed by atoms with Crippen LogP contribution in [0.15, 0.2) is 18.3 Å². The molecule has 1 saturated heterocycles. The molecule has 17 heavy (non-hydrogen) atoms. The lowest BCUT2D eigenvalue weighted by Crippen LogP contribution is -2.42.